The molecule has 10 nitrogen and oxygen atoms in total. The molecule has 0 fully saturated rings. The van der Waals surface area contributed by atoms with Gasteiger partial charge in [0.05, 0.1) is 5.69 Å². The van der Waals surface area contributed by atoms with E-state index in [4.69, 9.17) is 15.2 Å². The van der Waals surface area contributed by atoms with Crippen molar-refractivity contribution in [3.05, 3.63) is 24.5 Å². The zero-order chi connectivity index (χ0) is 17.0. The number of ether oxygens (including phenoxy) is 2. The smallest absolute Gasteiger partial charge is 0.326 e. The Labute approximate surface area is 130 Å². The molecule has 2 rings (SSSR count). The summed E-state index contributed by atoms with van der Waals surface area (Å²) in [7, 11) is 0. The number of benzene rings is 1. The normalized spacial score (nSPS) is 10.0. The van der Waals surface area contributed by atoms with Crippen molar-refractivity contribution in [2.75, 3.05) is 4.90 Å². The van der Waals surface area contributed by atoms with Crippen LogP contribution >= 0.6 is 0 Å². The van der Waals surface area contributed by atoms with Crippen molar-refractivity contribution in [2.24, 2.45) is 5.73 Å². The zero-order valence-electron chi connectivity index (χ0n) is 12.3. The summed E-state index contributed by atoms with van der Waals surface area (Å²) in [6, 6.07) is 3.28. The number of urea groups is 1. The number of rotatable bonds is 4. The molecule has 0 saturated heterocycles. The van der Waals surface area contributed by atoms with E-state index in [0.717, 1.165) is 4.90 Å². The highest BCUT2D eigenvalue weighted by Crippen LogP contribution is 2.34. The molecule has 0 atom stereocenters. The van der Waals surface area contributed by atoms with Gasteiger partial charge in [-0.3, -0.25) is 9.59 Å². The van der Waals surface area contributed by atoms with Crippen LogP contribution in [0.1, 0.15) is 13.8 Å². The molecule has 3 N–H and O–H groups in total. The molecule has 120 valence electrons. The van der Waals surface area contributed by atoms with E-state index in [0.29, 0.717) is 0 Å². The number of anilines is 2. The highest BCUT2D eigenvalue weighted by molar-refractivity contribution is 5.97. The molecule has 0 unspecified atom stereocenters. The van der Waals surface area contributed by atoms with Gasteiger partial charge in [0.2, 0.25) is 5.95 Å². The van der Waals surface area contributed by atoms with E-state index in [1.807, 2.05) is 0 Å². The summed E-state index contributed by atoms with van der Waals surface area (Å²) in [5, 5.41) is 6.13. The third-order valence-electron chi connectivity index (χ3n) is 2.53. The summed E-state index contributed by atoms with van der Waals surface area (Å²) in [5.41, 5.74) is 5.57. The van der Waals surface area contributed by atoms with E-state index >= 15 is 0 Å². The van der Waals surface area contributed by atoms with Crippen LogP contribution in [0.2, 0.25) is 0 Å². The maximum absolute atomic E-state index is 11.7. The standard InChI is InChI=1S/C13H13N5O5/c1-7(19)22-10-4-3-9(5-11(10)23-8(2)20)18(12(14)21)13-15-6-16-17-13/h3-6H,1-2H3,(H2,14,21)(H,15,16,17). The second-order valence-corrected chi connectivity index (χ2v) is 4.30. The molecule has 0 spiro atoms. The van der Waals surface area contributed by atoms with Crippen LogP contribution in [-0.4, -0.2) is 33.2 Å². The molecule has 1 heterocycles. The van der Waals surface area contributed by atoms with Crippen LogP contribution in [0, 0.1) is 0 Å². The van der Waals surface area contributed by atoms with Gasteiger partial charge < -0.3 is 15.2 Å². The topological polar surface area (TPSA) is 140 Å². The summed E-state index contributed by atoms with van der Waals surface area (Å²) in [6.07, 6.45) is 1.20. The number of nitrogens with one attached hydrogen (secondary N) is 1. The lowest BCUT2D eigenvalue weighted by Gasteiger charge is -2.18. The number of nitrogens with two attached hydrogens (primary N) is 1. The Hall–Kier alpha value is -3.43. The maximum atomic E-state index is 11.7. The SMILES string of the molecule is CC(=O)Oc1ccc(N(C(N)=O)c2ncn[nH]2)cc1OC(C)=O. The third kappa shape index (κ3) is 3.81. The van der Waals surface area contributed by atoms with Crippen LogP contribution in [0.4, 0.5) is 16.4 Å². The van der Waals surface area contributed by atoms with Gasteiger partial charge in [0.1, 0.15) is 6.33 Å². The van der Waals surface area contributed by atoms with Crippen LogP contribution < -0.4 is 20.1 Å². The number of carbonyl (C=O) groups excluding carboxylic acids is 3. The number of nitrogens with zero attached hydrogens (tertiary/aromatic N) is 3. The lowest BCUT2D eigenvalue weighted by molar-refractivity contribution is -0.134. The minimum atomic E-state index is -0.837. The van der Waals surface area contributed by atoms with Crippen LogP contribution in [0.5, 0.6) is 11.5 Å². The fourth-order valence-corrected chi connectivity index (χ4v) is 1.77. The van der Waals surface area contributed by atoms with E-state index in [2.05, 4.69) is 15.2 Å². The molecule has 1 aromatic carbocycles. The molecular formula is C13H13N5O5. The molecule has 0 aliphatic heterocycles. The fraction of sp³-hybridized carbons (Fsp3) is 0.154. The highest BCUT2D eigenvalue weighted by Gasteiger charge is 2.21. The molecule has 0 radical (unpaired) electrons. The predicted octanol–water partition coefficient (Wildman–Crippen LogP) is 0.872. The molecule has 0 aliphatic rings. The lowest BCUT2D eigenvalue weighted by atomic mass is 10.2. The third-order valence-corrected chi connectivity index (χ3v) is 2.53. The van der Waals surface area contributed by atoms with Gasteiger partial charge in [0.15, 0.2) is 11.5 Å². The van der Waals surface area contributed by atoms with Crippen LogP contribution in [-0.2, 0) is 9.59 Å². The Morgan fingerprint density at radius 2 is 1.78 bits per heavy atom. The van der Waals surface area contributed by atoms with Gasteiger partial charge >= 0.3 is 18.0 Å². The van der Waals surface area contributed by atoms with Crippen molar-refractivity contribution in [1.29, 1.82) is 0 Å². The summed E-state index contributed by atoms with van der Waals surface area (Å²) < 4.78 is 9.94. The Bertz CT molecular complexity index is 743. The Balaban J connectivity index is 2.47. The van der Waals surface area contributed by atoms with Gasteiger partial charge in [0.25, 0.3) is 0 Å². The number of esters is 2. The van der Waals surface area contributed by atoms with Gasteiger partial charge in [0, 0.05) is 19.9 Å². The summed E-state index contributed by atoms with van der Waals surface area (Å²) in [6.45, 7) is 2.39. The Morgan fingerprint density at radius 1 is 1.13 bits per heavy atom. The van der Waals surface area contributed by atoms with Gasteiger partial charge in [-0.1, -0.05) is 0 Å². The Morgan fingerprint density at radius 3 is 2.30 bits per heavy atom. The van der Waals surface area contributed by atoms with Gasteiger partial charge in [-0.25, -0.2) is 14.8 Å². The monoisotopic (exact) mass is 319 g/mol. The highest BCUT2D eigenvalue weighted by atomic mass is 16.6. The van der Waals surface area contributed by atoms with E-state index in [-0.39, 0.29) is 23.1 Å². The summed E-state index contributed by atoms with van der Waals surface area (Å²) in [4.78, 5) is 38.8. The second-order valence-electron chi connectivity index (χ2n) is 4.30. The lowest BCUT2D eigenvalue weighted by Crippen LogP contribution is -2.32. The first-order valence-corrected chi connectivity index (χ1v) is 6.34. The van der Waals surface area contributed by atoms with Crippen molar-refractivity contribution < 1.29 is 23.9 Å². The van der Waals surface area contributed by atoms with Crippen molar-refractivity contribution in [1.82, 2.24) is 15.2 Å². The molecule has 10 heteroatoms. The number of hydrogen-bond acceptors (Lipinski definition) is 7. The average Bonchev–Trinajstić information content (AvgIpc) is 2.94. The first kappa shape index (κ1) is 15.9. The molecule has 1 aromatic heterocycles. The zero-order valence-corrected chi connectivity index (χ0v) is 12.3. The fourth-order valence-electron chi connectivity index (χ4n) is 1.77. The summed E-state index contributed by atoms with van der Waals surface area (Å²) >= 11 is 0. The van der Waals surface area contributed by atoms with Crippen LogP contribution in [0.25, 0.3) is 0 Å². The van der Waals surface area contributed by atoms with Crippen molar-refractivity contribution >= 4 is 29.6 Å². The van der Waals surface area contributed by atoms with Crippen molar-refractivity contribution in [2.45, 2.75) is 13.8 Å². The van der Waals surface area contributed by atoms with Gasteiger partial charge in [-0.2, -0.15) is 10.1 Å². The van der Waals surface area contributed by atoms with Gasteiger partial charge in [-0.05, 0) is 12.1 Å². The first-order valence-electron chi connectivity index (χ1n) is 6.34. The number of aromatic nitrogens is 3. The molecule has 0 aliphatic carbocycles. The first-order chi connectivity index (χ1) is 10.9. The molecule has 23 heavy (non-hydrogen) atoms. The molecule has 2 amide bonds. The second kappa shape index (κ2) is 6.56. The average molecular weight is 319 g/mol. The Kier molecular flexibility index (Phi) is 4.55. The largest absolute Gasteiger partial charge is 0.423 e. The molecule has 0 saturated carbocycles. The minimum Gasteiger partial charge on any atom is -0.423 e. The molecule has 2 aromatic rings. The van der Waals surface area contributed by atoms with E-state index in [9.17, 15) is 14.4 Å². The number of H-pyrrole nitrogens is 1. The number of hydrogen-bond donors (Lipinski definition) is 2. The van der Waals surface area contributed by atoms with Crippen LogP contribution in [0.3, 0.4) is 0 Å². The quantitative estimate of drug-likeness (QED) is 0.629. The minimum absolute atomic E-state index is 0.0263. The maximum Gasteiger partial charge on any atom is 0.326 e. The number of carbonyl (C=O) groups is 3. The molecular weight excluding hydrogens is 306 g/mol. The van der Waals surface area contributed by atoms with E-state index < -0.39 is 18.0 Å². The van der Waals surface area contributed by atoms with Crippen molar-refractivity contribution in [3.63, 3.8) is 0 Å². The van der Waals surface area contributed by atoms with Gasteiger partial charge in [-0.15, -0.1) is 0 Å². The number of aromatic amines is 1. The van der Waals surface area contributed by atoms with Crippen LogP contribution in [0.15, 0.2) is 24.5 Å². The summed E-state index contributed by atoms with van der Waals surface area (Å²) in [5.74, 6) is -1.16. The van der Waals surface area contributed by atoms with E-state index in [1.54, 1.807) is 0 Å². The number of amides is 2. The predicted molar refractivity (Wildman–Crippen MR) is 77.2 cm³/mol. The van der Waals surface area contributed by atoms with E-state index in [1.165, 1.54) is 38.4 Å². The van der Waals surface area contributed by atoms with Crippen molar-refractivity contribution in [3.8, 4) is 11.5 Å². The molecule has 0 bridgehead atoms. The number of primary amides is 1.